The molecule has 1 N–H and O–H groups in total. The van der Waals surface area contributed by atoms with Crippen LogP contribution >= 0.6 is 23.2 Å². The van der Waals surface area contributed by atoms with Gasteiger partial charge in [0, 0.05) is 15.6 Å². The van der Waals surface area contributed by atoms with Crippen molar-refractivity contribution in [1.29, 1.82) is 0 Å². The minimum absolute atomic E-state index is 0.137. The van der Waals surface area contributed by atoms with Gasteiger partial charge >= 0.3 is 0 Å². The summed E-state index contributed by atoms with van der Waals surface area (Å²) in [4.78, 5) is 12.0. The highest BCUT2D eigenvalue weighted by atomic mass is 35.5. The number of hydrogen-bond acceptors (Lipinski definition) is 5. The molecular formula is C25H24Cl2N2O4. The van der Waals surface area contributed by atoms with Crippen LogP contribution in [-0.4, -0.2) is 25.8 Å². The van der Waals surface area contributed by atoms with Gasteiger partial charge in [-0.15, -0.1) is 0 Å². The highest BCUT2D eigenvalue weighted by molar-refractivity contribution is 6.35. The van der Waals surface area contributed by atoms with E-state index in [0.29, 0.717) is 38.4 Å². The fraction of sp³-hybridized carbons (Fsp3) is 0.200. The SMILES string of the molecule is COc1cc(/C=N/NC(=O)COc2cccc(C)c2C)ccc1OCc1c(Cl)cccc1Cl. The van der Waals surface area contributed by atoms with E-state index in [9.17, 15) is 4.79 Å². The van der Waals surface area contributed by atoms with Crippen LogP contribution in [0.4, 0.5) is 0 Å². The molecule has 0 spiro atoms. The number of hydrazone groups is 1. The Kier molecular flexibility index (Phi) is 8.58. The lowest BCUT2D eigenvalue weighted by atomic mass is 10.1. The van der Waals surface area contributed by atoms with E-state index in [0.717, 1.165) is 11.1 Å². The molecule has 3 aromatic rings. The van der Waals surface area contributed by atoms with Crippen molar-refractivity contribution in [1.82, 2.24) is 5.43 Å². The normalized spacial score (nSPS) is 10.8. The van der Waals surface area contributed by atoms with Gasteiger partial charge in [0.05, 0.1) is 13.3 Å². The van der Waals surface area contributed by atoms with Crippen LogP contribution in [0.15, 0.2) is 59.7 Å². The Morgan fingerprint density at radius 1 is 0.970 bits per heavy atom. The van der Waals surface area contributed by atoms with E-state index in [1.165, 1.54) is 13.3 Å². The van der Waals surface area contributed by atoms with Crippen LogP contribution in [0.3, 0.4) is 0 Å². The van der Waals surface area contributed by atoms with Crippen LogP contribution in [0.5, 0.6) is 17.2 Å². The third-order valence-electron chi connectivity index (χ3n) is 4.94. The number of amides is 1. The average Bonchev–Trinajstić information content (AvgIpc) is 2.80. The van der Waals surface area contributed by atoms with E-state index >= 15 is 0 Å². The number of nitrogens with one attached hydrogen (secondary N) is 1. The molecule has 3 rings (SSSR count). The standard InChI is InChI=1S/C25H24Cl2N2O4/c1-16-6-4-9-22(17(16)2)33-15-25(30)29-28-13-18-10-11-23(24(12-18)31-3)32-14-19-20(26)7-5-8-21(19)27/h4-13H,14-15H2,1-3H3,(H,29,30)/b28-13+. The molecule has 0 atom stereocenters. The average molecular weight is 487 g/mol. The molecule has 0 saturated carbocycles. The van der Waals surface area contributed by atoms with Crippen molar-refractivity contribution in [2.75, 3.05) is 13.7 Å². The lowest BCUT2D eigenvalue weighted by Gasteiger charge is -2.13. The number of nitrogens with zero attached hydrogens (tertiary/aromatic N) is 1. The molecule has 0 aromatic heterocycles. The Labute approximate surface area is 203 Å². The van der Waals surface area contributed by atoms with E-state index in [-0.39, 0.29) is 19.1 Å². The Morgan fingerprint density at radius 3 is 2.42 bits per heavy atom. The number of rotatable bonds is 9. The number of aryl methyl sites for hydroxylation is 1. The van der Waals surface area contributed by atoms with Gasteiger partial charge in [0.2, 0.25) is 0 Å². The van der Waals surface area contributed by atoms with Crippen LogP contribution in [0.2, 0.25) is 10.0 Å². The fourth-order valence-electron chi connectivity index (χ4n) is 2.94. The van der Waals surface area contributed by atoms with Crippen molar-refractivity contribution in [2.24, 2.45) is 5.10 Å². The summed E-state index contributed by atoms with van der Waals surface area (Å²) in [5.41, 5.74) is 5.96. The molecule has 1 amide bonds. The summed E-state index contributed by atoms with van der Waals surface area (Å²) in [5.74, 6) is 1.34. The molecule has 172 valence electrons. The topological polar surface area (TPSA) is 69.2 Å². The van der Waals surface area contributed by atoms with Gasteiger partial charge in [-0.25, -0.2) is 5.43 Å². The zero-order valence-electron chi connectivity index (χ0n) is 18.5. The number of methoxy groups -OCH3 is 1. The van der Waals surface area contributed by atoms with Gasteiger partial charge in [-0.2, -0.15) is 5.10 Å². The summed E-state index contributed by atoms with van der Waals surface area (Å²) in [6.45, 7) is 3.99. The molecule has 0 aliphatic carbocycles. The van der Waals surface area contributed by atoms with Gasteiger partial charge in [-0.05, 0) is 66.9 Å². The van der Waals surface area contributed by atoms with Gasteiger partial charge in [0.15, 0.2) is 18.1 Å². The van der Waals surface area contributed by atoms with Crippen LogP contribution < -0.4 is 19.6 Å². The predicted molar refractivity (Wildman–Crippen MR) is 131 cm³/mol. The minimum Gasteiger partial charge on any atom is -0.493 e. The lowest BCUT2D eigenvalue weighted by Crippen LogP contribution is -2.24. The van der Waals surface area contributed by atoms with Crippen LogP contribution in [0.25, 0.3) is 0 Å². The molecule has 33 heavy (non-hydrogen) atoms. The Hall–Kier alpha value is -3.22. The van der Waals surface area contributed by atoms with Crippen molar-refractivity contribution in [3.05, 3.63) is 86.9 Å². The molecule has 0 aliphatic rings. The number of carbonyl (C=O) groups is 1. The predicted octanol–water partition coefficient (Wildman–Crippen LogP) is 5.73. The number of ether oxygens (including phenoxy) is 3. The van der Waals surface area contributed by atoms with Crippen LogP contribution in [-0.2, 0) is 11.4 Å². The number of halogens is 2. The zero-order chi connectivity index (χ0) is 23.8. The minimum atomic E-state index is -0.365. The second-order valence-corrected chi connectivity index (χ2v) is 7.99. The second kappa shape index (κ2) is 11.6. The molecule has 0 fully saturated rings. The molecule has 3 aromatic carbocycles. The first kappa shape index (κ1) is 24.4. The molecule has 0 bridgehead atoms. The smallest absolute Gasteiger partial charge is 0.277 e. The van der Waals surface area contributed by atoms with E-state index < -0.39 is 0 Å². The third kappa shape index (κ3) is 6.63. The number of hydrogen-bond donors (Lipinski definition) is 1. The molecule has 0 saturated heterocycles. The van der Waals surface area contributed by atoms with Crippen molar-refractivity contribution >= 4 is 35.3 Å². The van der Waals surface area contributed by atoms with Crippen molar-refractivity contribution < 1.29 is 19.0 Å². The first-order chi connectivity index (χ1) is 15.9. The third-order valence-corrected chi connectivity index (χ3v) is 5.65. The first-order valence-corrected chi connectivity index (χ1v) is 10.9. The van der Waals surface area contributed by atoms with Gasteiger partial charge in [0.1, 0.15) is 12.4 Å². The lowest BCUT2D eigenvalue weighted by molar-refractivity contribution is -0.123. The quantitative estimate of drug-likeness (QED) is 0.309. The van der Waals surface area contributed by atoms with Crippen LogP contribution in [0.1, 0.15) is 22.3 Å². The molecule has 0 radical (unpaired) electrons. The highest BCUT2D eigenvalue weighted by Crippen LogP contribution is 2.31. The molecular weight excluding hydrogens is 463 g/mol. The fourth-order valence-corrected chi connectivity index (χ4v) is 3.45. The maximum Gasteiger partial charge on any atom is 0.277 e. The van der Waals surface area contributed by atoms with Crippen molar-refractivity contribution in [3.63, 3.8) is 0 Å². The summed E-state index contributed by atoms with van der Waals surface area (Å²) in [6.07, 6.45) is 1.51. The Bertz CT molecular complexity index is 1140. The van der Waals surface area contributed by atoms with Crippen molar-refractivity contribution in [3.8, 4) is 17.2 Å². The number of carbonyl (C=O) groups excluding carboxylic acids is 1. The molecule has 8 heteroatoms. The van der Waals surface area contributed by atoms with Crippen LogP contribution in [0, 0.1) is 13.8 Å². The summed E-state index contributed by atoms with van der Waals surface area (Å²) in [6, 6.07) is 16.3. The van der Waals surface area contributed by atoms with Gasteiger partial charge in [-0.3, -0.25) is 4.79 Å². The molecule has 6 nitrogen and oxygen atoms in total. The number of benzene rings is 3. The monoisotopic (exact) mass is 486 g/mol. The first-order valence-electron chi connectivity index (χ1n) is 10.1. The van der Waals surface area contributed by atoms with Gasteiger partial charge < -0.3 is 14.2 Å². The summed E-state index contributed by atoms with van der Waals surface area (Å²) in [5, 5.41) is 5.04. The summed E-state index contributed by atoms with van der Waals surface area (Å²) < 4.78 is 16.8. The van der Waals surface area contributed by atoms with Gasteiger partial charge in [-0.1, -0.05) is 41.4 Å². The molecule has 0 heterocycles. The maximum absolute atomic E-state index is 12.0. The van der Waals surface area contributed by atoms with E-state index in [1.54, 1.807) is 36.4 Å². The second-order valence-electron chi connectivity index (χ2n) is 7.18. The Balaban J connectivity index is 1.56. The van der Waals surface area contributed by atoms with E-state index in [1.807, 2.05) is 32.0 Å². The summed E-state index contributed by atoms with van der Waals surface area (Å²) in [7, 11) is 1.54. The van der Waals surface area contributed by atoms with Gasteiger partial charge in [0.25, 0.3) is 5.91 Å². The largest absolute Gasteiger partial charge is 0.493 e. The van der Waals surface area contributed by atoms with Crippen molar-refractivity contribution in [2.45, 2.75) is 20.5 Å². The maximum atomic E-state index is 12.0. The molecule has 0 unspecified atom stereocenters. The zero-order valence-corrected chi connectivity index (χ0v) is 20.0. The van der Waals surface area contributed by atoms with E-state index in [4.69, 9.17) is 37.4 Å². The highest BCUT2D eigenvalue weighted by Gasteiger charge is 2.10. The summed E-state index contributed by atoms with van der Waals surface area (Å²) >= 11 is 12.4. The Morgan fingerprint density at radius 2 is 1.70 bits per heavy atom. The van der Waals surface area contributed by atoms with E-state index in [2.05, 4.69) is 10.5 Å². The molecule has 0 aliphatic heterocycles.